The lowest BCUT2D eigenvalue weighted by molar-refractivity contribution is -0.155. The summed E-state index contributed by atoms with van der Waals surface area (Å²) in [6, 6.07) is 3.49. The molecule has 1 aliphatic rings. The van der Waals surface area contributed by atoms with Gasteiger partial charge in [-0.05, 0) is 52.2 Å². The van der Waals surface area contributed by atoms with Crippen molar-refractivity contribution in [3.05, 3.63) is 34.1 Å². The molecule has 0 bridgehead atoms. The molecule has 1 fully saturated rings. The van der Waals surface area contributed by atoms with Crippen molar-refractivity contribution in [2.75, 3.05) is 0 Å². The number of aromatic amines is 1. The van der Waals surface area contributed by atoms with Crippen LogP contribution in [0.2, 0.25) is 0 Å². The molecule has 7 nitrogen and oxygen atoms in total. The third-order valence-electron chi connectivity index (χ3n) is 5.81. The van der Waals surface area contributed by atoms with Gasteiger partial charge in [-0.3, -0.25) is 9.59 Å². The van der Waals surface area contributed by atoms with Crippen molar-refractivity contribution >= 4 is 5.97 Å². The second-order valence-corrected chi connectivity index (χ2v) is 9.76. The molecule has 0 spiro atoms. The van der Waals surface area contributed by atoms with Crippen LogP contribution in [0, 0.1) is 12.8 Å². The fraction of sp³-hybridized carbons (Fsp3) is 0.667. The highest BCUT2D eigenvalue weighted by atomic mass is 16.6. The number of hydrogen-bond donors (Lipinski definition) is 1. The highest BCUT2D eigenvalue weighted by Gasteiger charge is 2.27. The maximum absolute atomic E-state index is 12.5. The molecule has 0 amide bonds. The summed E-state index contributed by atoms with van der Waals surface area (Å²) in [5, 5.41) is 4.02. The number of ether oxygens (including phenoxy) is 1. The molecule has 0 aliphatic heterocycles. The van der Waals surface area contributed by atoms with Crippen molar-refractivity contribution in [3.63, 3.8) is 0 Å². The van der Waals surface area contributed by atoms with Gasteiger partial charge in [-0.25, -0.2) is 0 Å². The number of aromatic nitrogens is 3. The topological polar surface area (TPSA) is 98.1 Å². The Hall–Kier alpha value is -2.44. The first-order chi connectivity index (χ1) is 14.7. The monoisotopic (exact) mass is 429 g/mol. The lowest BCUT2D eigenvalue weighted by atomic mass is 9.84. The number of aryl methyl sites for hydroxylation is 1. The van der Waals surface area contributed by atoms with Crippen molar-refractivity contribution in [1.82, 2.24) is 15.1 Å². The van der Waals surface area contributed by atoms with Gasteiger partial charge in [0.25, 0.3) is 5.56 Å². The van der Waals surface area contributed by atoms with Crippen molar-refractivity contribution in [2.45, 2.75) is 97.0 Å². The van der Waals surface area contributed by atoms with Crippen molar-refractivity contribution in [3.8, 4) is 11.4 Å². The Morgan fingerprint density at radius 3 is 2.68 bits per heavy atom. The van der Waals surface area contributed by atoms with Crippen LogP contribution in [0.15, 0.2) is 21.5 Å². The molecule has 1 aliphatic carbocycles. The molecule has 0 radical (unpaired) electrons. The van der Waals surface area contributed by atoms with Crippen LogP contribution in [0.4, 0.5) is 0 Å². The molecular weight excluding hydrogens is 394 g/mol. The Labute approximate surface area is 184 Å². The lowest BCUT2D eigenvalue weighted by Crippen LogP contribution is -2.25. The summed E-state index contributed by atoms with van der Waals surface area (Å²) in [6.07, 6.45) is 9.73. The van der Waals surface area contributed by atoms with Crippen molar-refractivity contribution in [1.29, 1.82) is 0 Å². The van der Waals surface area contributed by atoms with Gasteiger partial charge in [0.2, 0.25) is 11.7 Å². The first-order valence-electron chi connectivity index (χ1n) is 11.5. The molecule has 3 rings (SSSR count). The summed E-state index contributed by atoms with van der Waals surface area (Å²) in [6.45, 7) is 7.39. The van der Waals surface area contributed by atoms with Crippen LogP contribution in [0.3, 0.4) is 0 Å². The standard InChI is InChI=1S/C24H35N3O4/c1-16-13-14-19(22(29)25-16)21-26-23(31-27-21)18(15-20(28)30-24(2,3)4)12-8-11-17-9-6-5-7-10-17/h13-14,17-18H,5-12,15H2,1-4H3,(H,25,29)/t18-/m1/s1. The van der Waals surface area contributed by atoms with Gasteiger partial charge < -0.3 is 14.2 Å². The number of carbonyl (C=O) groups is 1. The fourth-order valence-electron chi connectivity index (χ4n) is 4.28. The summed E-state index contributed by atoms with van der Waals surface area (Å²) in [5.74, 6) is 0.926. The SMILES string of the molecule is Cc1ccc(-c2noc([C@H](CCCC3CCCCC3)CC(=O)OC(C)(C)C)n2)c(=O)[nH]1. The number of rotatable bonds is 8. The van der Waals surface area contributed by atoms with Crippen molar-refractivity contribution in [2.24, 2.45) is 5.92 Å². The highest BCUT2D eigenvalue weighted by Crippen LogP contribution is 2.32. The van der Waals surface area contributed by atoms with Crippen LogP contribution < -0.4 is 5.56 Å². The zero-order valence-electron chi connectivity index (χ0n) is 19.2. The van der Waals surface area contributed by atoms with E-state index in [0.29, 0.717) is 11.5 Å². The van der Waals surface area contributed by atoms with E-state index in [1.807, 2.05) is 27.7 Å². The number of nitrogens with zero attached hydrogens (tertiary/aromatic N) is 2. The van der Waals surface area contributed by atoms with Gasteiger partial charge in [0.05, 0.1) is 12.0 Å². The molecule has 2 aromatic rings. The minimum Gasteiger partial charge on any atom is -0.460 e. The highest BCUT2D eigenvalue weighted by molar-refractivity contribution is 5.70. The zero-order chi connectivity index (χ0) is 22.4. The van der Waals surface area contributed by atoms with E-state index < -0.39 is 5.60 Å². The van der Waals surface area contributed by atoms with Crippen LogP contribution in [-0.2, 0) is 9.53 Å². The van der Waals surface area contributed by atoms with E-state index in [-0.39, 0.29) is 29.7 Å². The van der Waals surface area contributed by atoms with E-state index >= 15 is 0 Å². The molecule has 2 aromatic heterocycles. The molecule has 0 saturated heterocycles. The van der Waals surface area contributed by atoms with E-state index in [9.17, 15) is 9.59 Å². The summed E-state index contributed by atoms with van der Waals surface area (Å²) >= 11 is 0. The molecule has 2 heterocycles. The van der Waals surface area contributed by atoms with Crippen LogP contribution in [0.5, 0.6) is 0 Å². The van der Waals surface area contributed by atoms with Gasteiger partial charge in [0, 0.05) is 11.6 Å². The number of H-pyrrole nitrogens is 1. The van der Waals surface area contributed by atoms with Crippen molar-refractivity contribution < 1.29 is 14.1 Å². The normalized spacial score (nSPS) is 16.3. The molecule has 7 heteroatoms. The zero-order valence-corrected chi connectivity index (χ0v) is 19.2. The largest absolute Gasteiger partial charge is 0.460 e. The first-order valence-corrected chi connectivity index (χ1v) is 11.5. The third kappa shape index (κ3) is 7.04. The van der Waals surface area contributed by atoms with E-state index in [1.54, 1.807) is 12.1 Å². The molecule has 170 valence electrons. The summed E-state index contributed by atoms with van der Waals surface area (Å²) in [5.41, 5.74) is 0.328. The van der Waals surface area contributed by atoms with E-state index in [4.69, 9.17) is 9.26 Å². The molecule has 1 atom stereocenters. The van der Waals surface area contributed by atoms with Crippen LogP contribution in [0.25, 0.3) is 11.4 Å². The Kier molecular flexibility index (Phi) is 7.68. The predicted octanol–water partition coefficient (Wildman–Crippen LogP) is 5.30. The molecule has 1 saturated carbocycles. The number of nitrogens with one attached hydrogen (secondary N) is 1. The maximum Gasteiger partial charge on any atom is 0.307 e. The molecular formula is C24H35N3O4. The van der Waals surface area contributed by atoms with Gasteiger partial charge in [-0.15, -0.1) is 0 Å². The number of carbonyl (C=O) groups excluding carboxylic acids is 1. The average Bonchev–Trinajstić information content (AvgIpc) is 3.16. The summed E-state index contributed by atoms with van der Waals surface area (Å²) < 4.78 is 11.0. The molecule has 31 heavy (non-hydrogen) atoms. The van der Waals surface area contributed by atoms with Crippen LogP contribution in [0.1, 0.15) is 96.1 Å². The molecule has 0 aromatic carbocycles. The number of hydrogen-bond acceptors (Lipinski definition) is 6. The average molecular weight is 430 g/mol. The predicted molar refractivity (Wildman–Crippen MR) is 119 cm³/mol. The quantitative estimate of drug-likeness (QED) is 0.572. The first kappa shape index (κ1) is 23.2. The lowest BCUT2D eigenvalue weighted by Gasteiger charge is -2.23. The molecule has 0 unspecified atom stereocenters. The number of pyridine rings is 1. The summed E-state index contributed by atoms with van der Waals surface area (Å²) in [4.78, 5) is 32.0. The minimum absolute atomic E-state index is 0.188. The number of esters is 1. The van der Waals surface area contributed by atoms with Gasteiger partial charge in [-0.2, -0.15) is 4.98 Å². The Morgan fingerprint density at radius 1 is 1.26 bits per heavy atom. The third-order valence-corrected chi connectivity index (χ3v) is 5.81. The second kappa shape index (κ2) is 10.2. The fourth-order valence-corrected chi connectivity index (χ4v) is 4.28. The van der Waals surface area contributed by atoms with Gasteiger partial charge in [0.1, 0.15) is 5.60 Å². The van der Waals surface area contributed by atoms with E-state index in [1.165, 1.54) is 32.1 Å². The maximum atomic E-state index is 12.5. The Bertz CT molecular complexity index is 919. The van der Waals surface area contributed by atoms with E-state index in [0.717, 1.165) is 30.9 Å². The second-order valence-electron chi connectivity index (χ2n) is 9.76. The van der Waals surface area contributed by atoms with Crippen LogP contribution in [-0.4, -0.2) is 26.7 Å². The Balaban J connectivity index is 1.72. The van der Waals surface area contributed by atoms with Gasteiger partial charge in [0.15, 0.2) is 0 Å². The minimum atomic E-state index is -0.543. The van der Waals surface area contributed by atoms with Gasteiger partial charge >= 0.3 is 5.97 Å². The summed E-state index contributed by atoms with van der Waals surface area (Å²) in [7, 11) is 0. The molecule has 1 N–H and O–H groups in total. The van der Waals surface area contributed by atoms with Gasteiger partial charge in [-0.1, -0.05) is 50.1 Å². The smallest absolute Gasteiger partial charge is 0.307 e. The van der Waals surface area contributed by atoms with Crippen LogP contribution >= 0.6 is 0 Å². The Morgan fingerprint density at radius 2 is 2.00 bits per heavy atom. The van der Waals surface area contributed by atoms with E-state index in [2.05, 4.69) is 15.1 Å².